The first-order chi connectivity index (χ1) is 15.6. The quantitative estimate of drug-likeness (QED) is 0.454. The molecule has 0 unspecified atom stereocenters. The summed E-state index contributed by atoms with van der Waals surface area (Å²) in [5, 5.41) is 2.45. The molecule has 0 saturated carbocycles. The Morgan fingerprint density at radius 1 is 0.824 bits per heavy atom. The van der Waals surface area contributed by atoms with Gasteiger partial charge in [-0.15, -0.1) is 0 Å². The molecule has 0 atom stereocenters. The van der Waals surface area contributed by atoms with Crippen LogP contribution in [0, 0.1) is 5.41 Å². The smallest absolute Gasteiger partial charge is 0.211 e. The molecule has 0 bridgehead atoms. The van der Waals surface area contributed by atoms with Crippen LogP contribution in [0.25, 0.3) is 16.7 Å². The molecule has 3 aliphatic heterocycles. The van der Waals surface area contributed by atoms with Gasteiger partial charge in [-0.05, 0) is 68.0 Å². The topological polar surface area (TPSA) is 15.5 Å². The van der Waals surface area contributed by atoms with Crippen molar-refractivity contribution < 1.29 is 4.74 Å². The molecule has 5 rings (SSSR count). The molecule has 0 fully saturated rings. The first kappa shape index (κ1) is 23.0. The predicted octanol–water partition coefficient (Wildman–Crippen LogP) is 5.99. The van der Waals surface area contributed by atoms with Crippen molar-refractivity contribution in [2.45, 2.75) is 73.4 Å². The maximum Gasteiger partial charge on any atom is 0.211 e. The van der Waals surface area contributed by atoms with Gasteiger partial charge in [-0.3, -0.25) is 0 Å². The Labute approximate surface area is 204 Å². The Kier molecular flexibility index (Phi) is 4.64. The van der Waals surface area contributed by atoms with Gasteiger partial charge >= 0.3 is 0 Å². The van der Waals surface area contributed by atoms with E-state index in [9.17, 15) is 0 Å². The maximum absolute atomic E-state index is 6.73. The van der Waals surface area contributed by atoms with Gasteiger partial charge in [0, 0.05) is 54.6 Å². The molecule has 0 aliphatic carbocycles. The summed E-state index contributed by atoms with van der Waals surface area (Å²) in [7, 11) is 4.36. The Morgan fingerprint density at radius 3 is 2.12 bits per heavy atom. The zero-order chi connectivity index (χ0) is 25.0. The standard InChI is InChI=1S/C31H39N2O/c1-18-16-30(6,7)32(10)24-14-26-22(12-20(18)24)28(29(3,4)5)23-13-21-19(2)17-31(8,9)33(11)25(21)15-27(23)34-26/h12-17H,1-11H3/q+1. The zero-order valence-corrected chi connectivity index (χ0v) is 22.8. The summed E-state index contributed by atoms with van der Waals surface area (Å²) < 4.78 is 9.09. The second-order valence-corrected chi connectivity index (χ2v) is 12.5. The molecule has 0 spiro atoms. The van der Waals surface area contributed by atoms with E-state index in [4.69, 9.17) is 4.74 Å². The molecule has 0 aromatic heterocycles. The number of anilines is 1. The molecule has 0 radical (unpaired) electrons. The highest BCUT2D eigenvalue weighted by Crippen LogP contribution is 2.47. The number of nitrogens with zero attached hydrogens (tertiary/aromatic N) is 2. The lowest BCUT2D eigenvalue weighted by molar-refractivity contribution is 0.431. The van der Waals surface area contributed by atoms with E-state index in [0.29, 0.717) is 0 Å². The molecule has 3 heterocycles. The van der Waals surface area contributed by atoms with Crippen LogP contribution in [0.4, 0.5) is 5.69 Å². The molecule has 3 aliphatic rings. The predicted molar refractivity (Wildman–Crippen MR) is 145 cm³/mol. The van der Waals surface area contributed by atoms with E-state index in [0.717, 1.165) is 11.5 Å². The van der Waals surface area contributed by atoms with Crippen molar-refractivity contribution >= 4 is 22.4 Å². The van der Waals surface area contributed by atoms with Gasteiger partial charge in [0.1, 0.15) is 18.5 Å². The van der Waals surface area contributed by atoms with Gasteiger partial charge in [0.25, 0.3) is 0 Å². The zero-order valence-electron chi connectivity index (χ0n) is 22.8. The van der Waals surface area contributed by atoms with Gasteiger partial charge in [0.15, 0.2) is 5.54 Å². The van der Waals surface area contributed by atoms with Crippen LogP contribution >= 0.6 is 0 Å². The SMILES string of the molecule is CC1=CC(C)(C)N(C)c2cc3c(cc21)C(C(C)(C)C)=c1cc2c(cc1O3)=[N+](C)C(C)(C)C=C2C. The van der Waals surface area contributed by atoms with E-state index >= 15 is 0 Å². The van der Waals surface area contributed by atoms with Crippen molar-refractivity contribution in [1.29, 1.82) is 0 Å². The highest BCUT2D eigenvalue weighted by molar-refractivity contribution is 5.88. The molecular formula is C31H39N2O+. The minimum absolute atomic E-state index is 0.0360. The number of ether oxygens (including phenoxy) is 1. The third-order valence-corrected chi connectivity index (χ3v) is 8.15. The number of hydrogen-bond acceptors (Lipinski definition) is 2. The summed E-state index contributed by atoms with van der Waals surface area (Å²) in [6.07, 6.45) is 4.75. The molecule has 178 valence electrons. The minimum Gasteiger partial charge on any atom is -0.456 e. The second kappa shape index (κ2) is 6.87. The van der Waals surface area contributed by atoms with Gasteiger partial charge in [-0.1, -0.05) is 26.8 Å². The first-order valence-electron chi connectivity index (χ1n) is 12.4. The molecule has 3 nitrogen and oxygen atoms in total. The highest BCUT2D eigenvalue weighted by Gasteiger charge is 2.36. The highest BCUT2D eigenvalue weighted by atomic mass is 16.5. The average molecular weight is 456 g/mol. The third kappa shape index (κ3) is 3.20. The van der Waals surface area contributed by atoms with Crippen LogP contribution in [0.3, 0.4) is 0 Å². The lowest BCUT2D eigenvalue weighted by atomic mass is 9.77. The van der Waals surface area contributed by atoms with E-state index in [2.05, 4.69) is 122 Å². The molecule has 34 heavy (non-hydrogen) atoms. The van der Waals surface area contributed by atoms with Gasteiger partial charge in [0.2, 0.25) is 5.36 Å². The number of fused-ring (bicyclic) bond motifs is 4. The molecule has 2 aromatic carbocycles. The van der Waals surface area contributed by atoms with Crippen LogP contribution in [0.5, 0.6) is 11.5 Å². The van der Waals surface area contributed by atoms with Crippen molar-refractivity contribution in [2.75, 3.05) is 19.0 Å². The van der Waals surface area contributed by atoms with Crippen molar-refractivity contribution in [3.8, 4) is 11.5 Å². The fraction of sp³-hybridized carbons (Fsp3) is 0.452. The Balaban J connectivity index is 1.88. The van der Waals surface area contributed by atoms with Gasteiger partial charge in [-0.25, -0.2) is 4.58 Å². The molecule has 0 N–H and O–H groups in total. The van der Waals surface area contributed by atoms with Crippen LogP contribution in [-0.2, 0) is 0 Å². The largest absolute Gasteiger partial charge is 0.456 e. The fourth-order valence-corrected chi connectivity index (χ4v) is 5.99. The van der Waals surface area contributed by atoms with E-state index < -0.39 is 0 Å². The lowest BCUT2D eigenvalue weighted by Gasteiger charge is -2.41. The first-order valence-corrected chi connectivity index (χ1v) is 12.4. The Hall–Kier alpha value is -2.81. The van der Waals surface area contributed by atoms with Gasteiger partial charge < -0.3 is 9.64 Å². The summed E-state index contributed by atoms with van der Waals surface area (Å²) in [6.45, 7) is 20.5. The van der Waals surface area contributed by atoms with Crippen LogP contribution in [0.15, 0.2) is 36.4 Å². The van der Waals surface area contributed by atoms with Gasteiger partial charge in [0.05, 0.1) is 11.6 Å². The van der Waals surface area contributed by atoms with Crippen molar-refractivity contribution in [3.05, 3.63) is 63.7 Å². The minimum atomic E-state index is -0.0370. The number of hydrogen-bond donors (Lipinski definition) is 0. The summed E-state index contributed by atoms with van der Waals surface area (Å²) >= 11 is 0. The molecule has 0 amide bonds. The summed E-state index contributed by atoms with van der Waals surface area (Å²) in [4.78, 5) is 2.36. The van der Waals surface area contributed by atoms with Crippen molar-refractivity contribution in [2.24, 2.45) is 5.41 Å². The van der Waals surface area contributed by atoms with Crippen LogP contribution < -0.4 is 24.8 Å². The number of allylic oxidation sites excluding steroid dienone is 2. The van der Waals surface area contributed by atoms with Gasteiger partial charge in [-0.2, -0.15) is 0 Å². The van der Waals surface area contributed by atoms with Crippen LogP contribution in [-0.4, -0.2) is 25.2 Å². The molecule has 3 heteroatoms. The van der Waals surface area contributed by atoms with E-state index in [1.54, 1.807) is 0 Å². The number of likely N-dealkylation sites (N-methyl/N-ethyl adjacent to an activating group) is 2. The summed E-state index contributed by atoms with van der Waals surface area (Å²) in [5.41, 5.74) is 8.94. The molecule has 0 saturated heterocycles. The normalized spacial score (nSPS) is 19.9. The number of rotatable bonds is 0. The Morgan fingerprint density at radius 2 is 1.47 bits per heavy atom. The van der Waals surface area contributed by atoms with E-state index in [1.165, 1.54) is 49.7 Å². The van der Waals surface area contributed by atoms with Crippen LogP contribution in [0.2, 0.25) is 0 Å². The average Bonchev–Trinajstić information content (AvgIpc) is 2.71. The Bertz CT molecular complexity index is 1440. The van der Waals surface area contributed by atoms with E-state index in [-0.39, 0.29) is 16.5 Å². The second-order valence-electron chi connectivity index (χ2n) is 12.5. The van der Waals surface area contributed by atoms with Crippen LogP contribution in [0.1, 0.15) is 79.0 Å². The molecule has 2 aromatic rings. The third-order valence-electron chi connectivity index (χ3n) is 8.15. The monoisotopic (exact) mass is 455 g/mol. The fourth-order valence-electron chi connectivity index (χ4n) is 5.99. The van der Waals surface area contributed by atoms with Crippen molar-refractivity contribution in [3.63, 3.8) is 0 Å². The maximum atomic E-state index is 6.73. The summed E-state index contributed by atoms with van der Waals surface area (Å²) in [5.74, 6) is 1.91. The summed E-state index contributed by atoms with van der Waals surface area (Å²) in [6, 6.07) is 9.25. The van der Waals surface area contributed by atoms with E-state index in [1.807, 2.05) is 0 Å². The lowest BCUT2D eigenvalue weighted by Crippen LogP contribution is -2.47. The van der Waals surface area contributed by atoms with Crippen molar-refractivity contribution in [1.82, 2.24) is 4.58 Å². The number of benzene rings is 2. The molecular weight excluding hydrogens is 416 g/mol.